The number of hydrogen-bond donors (Lipinski definition) is 3. The van der Waals surface area contributed by atoms with Crippen LogP contribution in [0.25, 0.3) is 0 Å². The summed E-state index contributed by atoms with van der Waals surface area (Å²) in [4.78, 5) is 22.1. The van der Waals surface area contributed by atoms with Crippen molar-refractivity contribution in [3.63, 3.8) is 0 Å². The Morgan fingerprint density at radius 3 is 2.20 bits per heavy atom. The van der Waals surface area contributed by atoms with Crippen LogP contribution in [0.5, 0.6) is 0 Å². The molecule has 4 N–H and O–H groups in total. The Hall–Kier alpha value is -1.26. The summed E-state index contributed by atoms with van der Waals surface area (Å²) in [6.07, 6.45) is 3.90. The molecule has 0 aliphatic heterocycles. The van der Waals surface area contributed by atoms with Crippen LogP contribution in [0.4, 0.5) is 4.79 Å². The van der Waals surface area contributed by atoms with Crippen LogP contribution >= 0.6 is 0 Å². The molecule has 0 aromatic heterocycles. The predicted octanol–water partition coefficient (Wildman–Crippen LogP) is -0.0220. The van der Waals surface area contributed by atoms with Crippen LogP contribution in [0, 0.1) is 29.6 Å². The highest BCUT2D eigenvalue weighted by molar-refractivity contribution is 5.85. The summed E-state index contributed by atoms with van der Waals surface area (Å²) in [6.45, 7) is 0. The van der Waals surface area contributed by atoms with Gasteiger partial charge in [-0.2, -0.15) is 0 Å². The topological polar surface area (TPSA) is 84.2 Å². The molecule has 0 heterocycles. The Kier molecular flexibility index (Phi) is 1.72. The van der Waals surface area contributed by atoms with E-state index >= 15 is 0 Å². The number of primary amides is 1. The van der Waals surface area contributed by atoms with E-state index in [1.807, 2.05) is 0 Å². The van der Waals surface area contributed by atoms with Crippen LogP contribution in [-0.2, 0) is 4.79 Å². The summed E-state index contributed by atoms with van der Waals surface area (Å²) in [6, 6.07) is -0.711. The molecule has 4 atom stereocenters. The summed E-state index contributed by atoms with van der Waals surface area (Å²) in [7, 11) is 0. The number of hydrazine groups is 1. The van der Waals surface area contributed by atoms with E-state index in [2.05, 4.69) is 10.9 Å². The van der Waals surface area contributed by atoms with Gasteiger partial charge in [-0.15, -0.1) is 0 Å². The summed E-state index contributed by atoms with van der Waals surface area (Å²) in [5, 5.41) is 0. The van der Waals surface area contributed by atoms with Gasteiger partial charge in [0.2, 0.25) is 5.91 Å². The highest BCUT2D eigenvalue weighted by Gasteiger charge is 2.67. The number of carbonyl (C=O) groups is 2. The first-order valence-electron chi connectivity index (χ1n) is 5.54. The van der Waals surface area contributed by atoms with Crippen molar-refractivity contribution in [2.24, 2.45) is 35.3 Å². The minimum absolute atomic E-state index is 0.0552. The van der Waals surface area contributed by atoms with E-state index in [1.54, 1.807) is 0 Å². The molecular weight excluding hydrogens is 194 g/mol. The van der Waals surface area contributed by atoms with Crippen molar-refractivity contribution in [3.8, 4) is 0 Å². The monoisotopic (exact) mass is 209 g/mol. The summed E-state index contributed by atoms with van der Waals surface area (Å²) >= 11 is 0. The van der Waals surface area contributed by atoms with Crippen LogP contribution < -0.4 is 16.6 Å². The first-order chi connectivity index (χ1) is 7.18. The van der Waals surface area contributed by atoms with Gasteiger partial charge >= 0.3 is 6.03 Å². The molecule has 82 valence electrons. The maximum Gasteiger partial charge on any atom is 0.330 e. The molecule has 3 aliphatic carbocycles. The second kappa shape index (κ2) is 2.87. The lowest BCUT2D eigenvalue weighted by atomic mass is 10.0. The molecule has 0 radical (unpaired) electrons. The molecule has 3 amide bonds. The van der Waals surface area contributed by atoms with Gasteiger partial charge in [-0.1, -0.05) is 0 Å². The fourth-order valence-electron chi connectivity index (χ4n) is 3.88. The SMILES string of the molecule is NC(=O)NNC(=O)C1C2C3CCC(C3)C12. The fourth-order valence-corrected chi connectivity index (χ4v) is 3.88. The van der Waals surface area contributed by atoms with Crippen molar-refractivity contribution in [1.82, 2.24) is 10.9 Å². The van der Waals surface area contributed by atoms with Gasteiger partial charge in [0, 0.05) is 5.92 Å². The molecule has 0 spiro atoms. The van der Waals surface area contributed by atoms with Gasteiger partial charge in [-0.25, -0.2) is 10.2 Å². The third-order valence-electron chi connectivity index (χ3n) is 4.35. The zero-order valence-corrected chi connectivity index (χ0v) is 8.40. The number of rotatable bonds is 1. The summed E-state index contributed by atoms with van der Waals surface area (Å²) in [5.41, 5.74) is 9.40. The molecule has 5 nitrogen and oxygen atoms in total. The maximum atomic E-state index is 11.7. The third-order valence-corrected chi connectivity index (χ3v) is 4.35. The zero-order valence-electron chi connectivity index (χ0n) is 8.40. The number of hydrogen-bond acceptors (Lipinski definition) is 2. The van der Waals surface area contributed by atoms with E-state index in [9.17, 15) is 9.59 Å². The molecule has 4 unspecified atom stereocenters. The largest absolute Gasteiger partial charge is 0.350 e. The standard InChI is InChI=1S/C10H15N3O2/c11-10(15)13-12-9(14)8-6-4-1-2-5(3-4)7(6)8/h4-8H,1-3H2,(H,12,14)(H3,11,13,15). The fraction of sp³-hybridized carbons (Fsp3) is 0.800. The quantitative estimate of drug-likeness (QED) is 0.530. The first kappa shape index (κ1) is 9.00. The van der Waals surface area contributed by atoms with Crippen molar-refractivity contribution in [2.45, 2.75) is 19.3 Å². The molecule has 5 heteroatoms. The molecule has 0 aromatic carbocycles. The van der Waals surface area contributed by atoms with Gasteiger partial charge in [0.15, 0.2) is 0 Å². The molecular formula is C10H15N3O2. The minimum Gasteiger partial charge on any atom is -0.350 e. The van der Waals surface area contributed by atoms with Gasteiger partial charge in [-0.05, 0) is 42.9 Å². The molecule has 2 bridgehead atoms. The van der Waals surface area contributed by atoms with Crippen molar-refractivity contribution < 1.29 is 9.59 Å². The highest BCUT2D eigenvalue weighted by atomic mass is 16.2. The van der Waals surface area contributed by atoms with Crippen LogP contribution in [0.15, 0.2) is 0 Å². The number of fused-ring (bicyclic) bond motifs is 5. The van der Waals surface area contributed by atoms with E-state index in [0.29, 0.717) is 11.8 Å². The molecule has 0 aromatic rings. The average molecular weight is 209 g/mol. The molecule has 15 heavy (non-hydrogen) atoms. The van der Waals surface area contributed by atoms with E-state index in [0.717, 1.165) is 11.8 Å². The third kappa shape index (κ3) is 1.22. The van der Waals surface area contributed by atoms with E-state index in [-0.39, 0.29) is 11.8 Å². The van der Waals surface area contributed by atoms with Gasteiger partial charge in [0.05, 0.1) is 0 Å². The van der Waals surface area contributed by atoms with Gasteiger partial charge < -0.3 is 5.73 Å². The Morgan fingerprint density at radius 1 is 1.07 bits per heavy atom. The van der Waals surface area contributed by atoms with Gasteiger partial charge in [0.25, 0.3) is 0 Å². The molecule has 0 saturated heterocycles. The number of nitrogens with two attached hydrogens (primary N) is 1. The number of carbonyl (C=O) groups excluding carboxylic acids is 2. The summed E-state index contributed by atoms with van der Waals surface area (Å²) < 4.78 is 0. The lowest BCUT2D eigenvalue weighted by Gasteiger charge is -2.09. The van der Waals surface area contributed by atoms with Crippen molar-refractivity contribution in [1.29, 1.82) is 0 Å². The highest BCUT2D eigenvalue weighted by Crippen LogP contribution is 2.69. The molecule has 3 fully saturated rings. The predicted molar refractivity (Wildman–Crippen MR) is 52.2 cm³/mol. The normalized spacial score (nSPS) is 44.7. The van der Waals surface area contributed by atoms with Gasteiger partial charge in [-0.3, -0.25) is 10.2 Å². The number of nitrogens with one attached hydrogen (secondary N) is 2. The second-order valence-electron chi connectivity index (χ2n) is 4.99. The number of urea groups is 1. The second-order valence-corrected chi connectivity index (χ2v) is 4.99. The van der Waals surface area contributed by atoms with E-state index < -0.39 is 6.03 Å². The van der Waals surface area contributed by atoms with Crippen molar-refractivity contribution in [2.75, 3.05) is 0 Å². The lowest BCUT2D eigenvalue weighted by Crippen LogP contribution is -2.45. The Morgan fingerprint density at radius 2 is 1.67 bits per heavy atom. The van der Waals surface area contributed by atoms with Crippen LogP contribution in [0.1, 0.15) is 19.3 Å². The lowest BCUT2D eigenvalue weighted by molar-refractivity contribution is -0.124. The Balaban J connectivity index is 1.58. The molecule has 3 rings (SSSR count). The van der Waals surface area contributed by atoms with Crippen LogP contribution in [0.3, 0.4) is 0 Å². The Bertz CT molecular complexity index is 315. The Labute approximate surface area is 87.7 Å². The first-order valence-corrected chi connectivity index (χ1v) is 5.54. The summed E-state index contributed by atoms with van der Waals surface area (Å²) in [5.74, 6) is 2.81. The smallest absolute Gasteiger partial charge is 0.330 e. The molecule has 3 aliphatic rings. The molecule has 3 saturated carbocycles. The van der Waals surface area contributed by atoms with Gasteiger partial charge in [0.1, 0.15) is 0 Å². The van der Waals surface area contributed by atoms with Crippen molar-refractivity contribution >= 4 is 11.9 Å². The van der Waals surface area contributed by atoms with Crippen LogP contribution in [-0.4, -0.2) is 11.9 Å². The maximum absolute atomic E-state index is 11.7. The number of amides is 3. The van der Waals surface area contributed by atoms with E-state index in [1.165, 1.54) is 19.3 Å². The minimum atomic E-state index is -0.711. The van der Waals surface area contributed by atoms with E-state index in [4.69, 9.17) is 5.73 Å². The van der Waals surface area contributed by atoms with Crippen LogP contribution in [0.2, 0.25) is 0 Å². The zero-order chi connectivity index (χ0) is 10.6. The van der Waals surface area contributed by atoms with Crippen molar-refractivity contribution in [3.05, 3.63) is 0 Å². The average Bonchev–Trinajstić information content (AvgIpc) is 2.64.